The molecule has 3 heteroatoms. The van der Waals surface area contributed by atoms with Crippen LogP contribution in [0.2, 0.25) is 0 Å². The molecule has 0 aromatic heterocycles. The normalized spacial score (nSPS) is 12.8. The van der Waals surface area contributed by atoms with Gasteiger partial charge < -0.3 is 4.74 Å². The molecule has 0 fully saturated rings. The van der Waals surface area contributed by atoms with E-state index in [1.807, 2.05) is 6.92 Å². The first-order valence-electron chi connectivity index (χ1n) is 2.95. The lowest BCUT2D eigenvalue weighted by molar-refractivity contribution is -0.146. The third kappa shape index (κ3) is 3.51. The van der Waals surface area contributed by atoms with E-state index in [0.717, 1.165) is 0 Å². The van der Waals surface area contributed by atoms with Gasteiger partial charge in [-0.25, -0.2) is 0 Å². The van der Waals surface area contributed by atoms with Crippen molar-refractivity contribution in [2.75, 3.05) is 11.9 Å². The lowest BCUT2D eigenvalue weighted by atomic mass is 10.2. The first-order valence-corrected chi connectivity index (χ1v) is 4.07. The van der Waals surface area contributed by atoms with Crippen LogP contribution in [0, 0.1) is 5.92 Å². The average Bonchev–Trinajstić information content (AvgIpc) is 1.87. The fraction of sp³-hybridized carbons (Fsp3) is 0.833. The summed E-state index contributed by atoms with van der Waals surface area (Å²) in [5, 5.41) is 0.672. The Labute approximate surface area is 63.7 Å². The van der Waals surface area contributed by atoms with Crippen molar-refractivity contribution in [3.8, 4) is 0 Å². The van der Waals surface area contributed by atoms with Gasteiger partial charge >= 0.3 is 5.97 Å². The number of alkyl halides is 1. The Kier molecular flexibility index (Phi) is 4.77. The second-order valence-corrected chi connectivity index (χ2v) is 2.45. The largest absolute Gasteiger partial charge is 0.466 e. The average molecular weight is 195 g/mol. The van der Waals surface area contributed by atoms with Gasteiger partial charge in [0.25, 0.3) is 0 Å². The molecule has 0 aliphatic carbocycles. The molecule has 0 aliphatic rings. The lowest BCUT2D eigenvalue weighted by Gasteiger charge is -2.04. The molecule has 0 N–H and O–H groups in total. The predicted octanol–water partition coefficient (Wildman–Crippen LogP) is 1.58. The highest BCUT2D eigenvalue weighted by Gasteiger charge is 2.10. The Bertz CT molecular complexity index is 93.1. The minimum Gasteiger partial charge on any atom is -0.466 e. The Morgan fingerprint density at radius 3 is 2.67 bits per heavy atom. The van der Waals surface area contributed by atoms with Crippen LogP contribution in [0.3, 0.4) is 0 Å². The van der Waals surface area contributed by atoms with E-state index in [0.29, 0.717) is 11.9 Å². The van der Waals surface area contributed by atoms with Crippen LogP contribution < -0.4 is 0 Å². The summed E-state index contributed by atoms with van der Waals surface area (Å²) in [7, 11) is 0. The SMILES string of the molecule is CCOC(=O)[C@H](C)CBr. The summed E-state index contributed by atoms with van der Waals surface area (Å²) in [6, 6.07) is 0. The topological polar surface area (TPSA) is 26.3 Å². The van der Waals surface area contributed by atoms with Gasteiger partial charge in [-0.3, -0.25) is 4.79 Å². The summed E-state index contributed by atoms with van der Waals surface area (Å²) < 4.78 is 4.73. The molecule has 0 aromatic rings. The highest BCUT2D eigenvalue weighted by atomic mass is 79.9. The summed E-state index contributed by atoms with van der Waals surface area (Å²) >= 11 is 3.18. The summed E-state index contributed by atoms with van der Waals surface area (Å²) in [4.78, 5) is 10.7. The molecule has 0 saturated carbocycles. The molecule has 1 atom stereocenters. The molecule has 0 unspecified atom stereocenters. The fourth-order valence-electron chi connectivity index (χ4n) is 0.348. The number of rotatable bonds is 3. The van der Waals surface area contributed by atoms with E-state index in [-0.39, 0.29) is 11.9 Å². The van der Waals surface area contributed by atoms with Crippen LogP contribution >= 0.6 is 15.9 Å². The van der Waals surface area contributed by atoms with Gasteiger partial charge in [0.1, 0.15) is 0 Å². The highest BCUT2D eigenvalue weighted by molar-refractivity contribution is 9.09. The maximum absolute atomic E-state index is 10.7. The van der Waals surface area contributed by atoms with Crippen LogP contribution in [0.15, 0.2) is 0 Å². The molecule has 9 heavy (non-hydrogen) atoms. The molecule has 0 bridgehead atoms. The van der Waals surface area contributed by atoms with E-state index in [1.165, 1.54) is 0 Å². The zero-order chi connectivity index (χ0) is 7.28. The second-order valence-electron chi connectivity index (χ2n) is 1.81. The van der Waals surface area contributed by atoms with Crippen molar-refractivity contribution in [2.45, 2.75) is 13.8 Å². The minimum absolute atomic E-state index is 0.0232. The standard InChI is InChI=1S/C6H11BrO2/c1-3-9-6(8)5(2)4-7/h5H,3-4H2,1-2H3/t5-/m1/s1. The Morgan fingerprint density at radius 2 is 2.33 bits per heavy atom. The van der Waals surface area contributed by atoms with Gasteiger partial charge in [-0.1, -0.05) is 22.9 Å². The molecule has 2 nitrogen and oxygen atoms in total. The molecular formula is C6H11BrO2. The lowest BCUT2D eigenvalue weighted by Crippen LogP contribution is -2.15. The summed E-state index contributed by atoms with van der Waals surface area (Å²) in [5.41, 5.74) is 0. The monoisotopic (exact) mass is 194 g/mol. The van der Waals surface area contributed by atoms with Crippen molar-refractivity contribution < 1.29 is 9.53 Å². The highest BCUT2D eigenvalue weighted by Crippen LogP contribution is 2.01. The first-order chi connectivity index (χ1) is 4.22. The first kappa shape index (κ1) is 8.95. The van der Waals surface area contributed by atoms with Crippen molar-refractivity contribution in [1.82, 2.24) is 0 Å². The van der Waals surface area contributed by atoms with Crippen molar-refractivity contribution in [3.63, 3.8) is 0 Å². The van der Waals surface area contributed by atoms with E-state index in [4.69, 9.17) is 4.74 Å². The van der Waals surface area contributed by atoms with Gasteiger partial charge in [0.15, 0.2) is 0 Å². The van der Waals surface area contributed by atoms with Gasteiger partial charge in [0.05, 0.1) is 12.5 Å². The Hall–Kier alpha value is -0.0500. The molecule has 0 amide bonds. The minimum atomic E-state index is -0.130. The molecule has 54 valence electrons. The quantitative estimate of drug-likeness (QED) is 0.504. The van der Waals surface area contributed by atoms with Crippen molar-refractivity contribution in [2.24, 2.45) is 5.92 Å². The van der Waals surface area contributed by atoms with Gasteiger partial charge in [0.2, 0.25) is 0 Å². The predicted molar refractivity (Wildman–Crippen MR) is 39.6 cm³/mol. The second kappa shape index (κ2) is 4.79. The van der Waals surface area contributed by atoms with Gasteiger partial charge in [-0.2, -0.15) is 0 Å². The molecule has 0 saturated heterocycles. The van der Waals surface area contributed by atoms with Crippen LogP contribution in [0.1, 0.15) is 13.8 Å². The molecule has 0 radical (unpaired) electrons. The molecule has 0 aromatic carbocycles. The van der Waals surface area contributed by atoms with E-state index >= 15 is 0 Å². The van der Waals surface area contributed by atoms with Gasteiger partial charge in [-0.05, 0) is 6.92 Å². The van der Waals surface area contributed by atoms with Gasteiger partial charge in [-0.15, -0.1) is 0 Å². The van der Waals surface area contributed by atoms with E-state index in [1.54, 1.807) is 6.92 Å². The van der Waals surface area contributed by atoms with Crippen molar-refractivity contribution in [1.29, 1.82) is 0 Å². The van der Waals surface area contributed by atoms with Crippen LogP contribution in [0.5, 0.6) is 0 Å². The fourth-order valence-corrected chi connectivity index (χ4v) is 0.612. The van der Waals surface area contributed by atoms with E-state index in [9.17, 15) is 4.79 Å². The smallest absolute Gasteiger partial charge is 0.309 e. The van der Waals surface area contributed by atoms with Crippen LogP contribution in [-0.2, 0) is 9.53 Å². The third-order valence-electron chi connectivity index (χ3n) is 0.920. The molecule has 0 rings (SSSR count). The molecular weight excluding hydrogens is 184 g/mol. The summed E-state index contributed by atoms with van der Waals surface area (Å²) in [6.45, 7) is 4.10. The third-order valence-corrected chi connectivity index (χ3v) is 1.89. The van der Waals surface area contributed by atoms with E-state index < -0.39 is 0 Å². The van der Waals surface area contributed by atoms with Crippen molar-refractivity contribution in [3.05, 3.63) is 0 Å². The maximum atomic E-state index is 10.7. The molecule has 0 heterocycles. The number of carbonyl (C=O) groups excluding carboxylic acids is 1. The summed E-state index contributed by atoms with van der Waals surface area (Å²) in [5.74, 6) is -0.153. The number of hydrogen-bond donors (Lipinski definition) is 0. The molecule has 0 aliphatic heterocycles. The van der Waals surface area contributed by atoms with E-state index in [2.05, 4.69) is 15.9 Å². The Morgan fingerprint density at radius 1 is 1.78 bits per heavy atom. The van der Waals surface area contributed by atoms with Crippen LogP contribution in [-0.4, -0.2) is 17.9 Å². The maximum Gasteiger partial charge on any atom is 0.309 e. The number of halogens is 1. The Balaban J connectivity index is 3.46. The number of ether oxygens (including phenoxy) is 1. The van der Waals surface area contributed by atoms with Crippen molar-refractivity contribution >= 4 is 21.9 Å². The van der Waals surface area contributed by atoms with Gasteiger partial charge in [0, 0.05) is 5.33 Å². The summed E-state index contributed by atoms with van der Waals surface area (Å²) in [6.07, 6.45) is 0. The van der Waals surface area contributed by atoms with Crippen LogP contribution in [0.4, 0.5) is 0 Å². The number of hydrogen-bond acceptors (Lipinski definition) is 2. The molecule has 0 spiro atoms. The van der Waals surface area contributed by atoms with Crippen LogP contribution in [0.25, 0.3) is 0 Å². The number of carbonyl (C=O) groups is 1. The zero-order valence-electron chi connectivity index (χ0n) is 5.69. The number of esters is 1. The zero-order valence-corrected chi connectivity index (χ0v) is 7.27.